The monoisotopic (exact) mass is 435 g/mol. The molecule has 5 rings (SSSR count). The zero-order chi connectivity index (χ0) is 22.4. The molecular formula is C22H19F2N7O. The zero-order valence-electron chi connectivity index (χ0n) is 17.2. The standard InChI is InChI=1S/C22H19F2N7O/c1-29-11-15(18-20(25)27-12-28-21(18)29)13-5-6-17(26-9-13)31-8-7-30(22(31)32)10-14-3-2-4-16(23)19(14)24/h2-6,9,11-12H,7-8,10H2,1H3,(H2,25,27,28). The van der Waals surface area contributed by atoms with Gasteiger partial charge in [0.25, 0.3) is 0 Å². The van der Waals surface area contributed by atoms with Crippen LogP contribution in [0.2, 0.25) is 0 Å². The van der Waals surface area contributed by atoms with Crippen molar-refractivity contribution in [1.29, 1.82) is 0 Å². The SMILES string of the molecule is Cn1cc(-c2ccc(N3CCN(Cc4cccc(F)c4F)C3=O)nc2)c2c(N)ncnc21. The van der Waals surface area contributed by atoms with Gasteiger partial charge < -0.3 is 15.2 Å². The van der Waals surface area contributed by atoms with Crippen LogP contribution in [0.1, 0.15) is 5.56 Å². The molecule has 2 N–H and O–H groups in total. The van der Waals surface area contributed by atoms with Crippen LogP contribution in [0.4, 0.5) is 25.2 Å². The van der Waals surface area contributed by atoms with E-state index in [0.29, 0.717) is 30.4 Å². The minimum atomic E-state index is -0.931. The molecule has 8 nitrogen and oxygen atoms in total. The number of hydrogen-bond acceptors (Lipinski definition) is 5. The molecule has 0 bridgehead atoms. The lowest BCUT2D eigenvalue weighted by Gasteiger charge is -2.18. The second-order valence-corrected chi connectivity index (χ2v) is 7.58. The van der Waals surface area contributed by atoms with Gasteiger partial charge in [-0.1, -0.05) is 12.1 Å². The van der Waals surface area contributed by atoms with Crippen molar-refractivity contribution in [3.05, 3.63) is 66.3 Å². The van der Waals surface area contributed by atoms with Crippen LogP contribution in [-0.2, 0) is 13.6 Å². The Hall–Kier alpha value is -4.08. The number of nitrogens with two attached hydrogens (primary N) is 1. The molecule has 0 radical (unpaired) electrons. The maximum absolute atomic E-state index is 14.0. The molecule has 0 unspecified atom stereocenters. The van der Waals surface area contributed by atoms with Crippen molar-refractivity contribution < 1.29 is 13.6 Å². The van der Waals surface area contributed by atoms with Crippen LogP contribution >= 0.6 is 0 Å². The average Bonchev–Trinajstić information content (AvgIpc) is 3.32. The summed E-state index contributed by atoms with van der Waals surface area (Å²) >= 11 is 0. The quantitative estimate of drug-likeness (QED) is 0.531. The molecule has 2 amide bonds. The summed E-state index contributed by atoms with van der Waals surface area (Å²) in [6.45, 7) is 0.777. The lowest BCUT2D eigenvalue weighted by molar-refractivity contribution is 0.218. The van der Waals surface area contributed by atoms with E-state index in [2.05, 4.69) is 15.0 Å². The number of nitrogens with zero attached hydrogens (tertiary/aromatic N) is 6. The van der Waals surface area contributed by atoms with Crippen LogP contribution < -0.4 is 10.6 Å². The number of amides is 2. The highest BCUT2D eigenvalue weighted by molar-refractivity contribution is 6.00. The Kier molecular flexibility index (Phi) is 4.69. The Bertz CT molecular complexity index is 1340. The molecule has 3 aromatic heterocycles. The first kappa shape index (κ1) is 19.9. The van der Waals surface area contributed by atoms with Crippen molar-refractivity contribution >= 4 is 28.7 Å². The van der Waals surface area contributed by atoms with Crippen molar-refractivity contribution in [2.75, 3.05) is 23.7 Å². The minimum absolute atomic E-state index is 0.00765. The van der Waals surface area contributed by atoms with Gasteiger partial charge in [-0.2, -0.15) is 0 Å². The highest BCUT2D eigenvalue weighted by Gasteiger charge is 2.31. The maximum Gasteiger partial charge on any atom is 0.326 e. The zero-order valence-corrected chi connectivity index (χ0v) is 17.2. The van der Waals surface area contributed by atoms with Crippen molar-refractivity contribution in [2.45, 2.75) is 6.54 Å². The third-order valence-corrected chi connectivity index (χ3v) is 5.61. The van der Waals surface area contributed by atoms with Gasteiger partial charge in [-0.15, -0.1) is 0 Å². The van der Waals surface area contributed by atoms with Crippen LogP contribution in [0, 0.1) is 11.6 Å². The molecule has 162 valence electrons. The lowest BCUT2D eigenvalue weighted by Crippen LogP contribution is -2.32. The number of aromatic nitrogens is 4. The third kappa shape index (κ3) is 3.20. The summed E-state index contributed by atoms with van der Waals surface area (Å²) in [6, 6.07) is 7.25. The van der Waals surface area contributed by atoms with E-state index in [-0.39, 0.29) is 18.1 Å². The molecule has 0 aliphatic carbocycles. The fourth-order valence-corrected chi connectivity index (χ4v) is 3.98. The Balaban J connectivity index is 1.38. The number of anilines is 2. The molecule has 10 heteroatoms. The van der Waals surface area contributed by atoms with E-state index in [0.717, 1.165) is 22.6 Å². The Labute approximate surface area is 181 Å². The number of halogens is 2. The molecule has 1 saturated heterocycles. The number of nitrogen functional groups attached to an aromatic ring is 1. The van der Waals surface area contributed by atoms with E-state index in [1.807, 2.05) is 23.9 Å². The topological polar surface area (TPSA) is 93.2 Å². The van der Waals surface area contributed by atoms with E-state index in [4.69, 9.17) is 5.73 Å². The van der Waals surface area contributed by atoms with E-state index >= 15 is 0 Å². The van der Waals surface area contributed by atoms with Crippen LogP contribution in [0.25, 0.3) is 22.2 Å². The number of carbonyl (C=O) groups excluding carboxylic acids is 1. The number of fused-ring (bicyclic) bond motifs is 1. The Morgan fingerprint density at radius 3 is 2.72 bits per heavy atom. The largest absolute Gasteiger partial charge is 0.383 e. The van der Waals surface area contributed by atoms with Crippen LogP contribution in [-0.4, -0.2) is 43.5 Å². The summed E-state index contributed by atoms with van der Waals surface area (Å²) in [4.78, 5) is 28.6. The van der Waals surface area contributed by atoms with Gasteiger partial charge in [-0.3, -0.25) is 4.90 Å². The Morgan fingerprint density at radius 1 is 1.09 bits per heavy atom. The first-order chi connectivity index (χ1) is 15.4. The third-order valence-electron chi connectivity index (χ3n) is 5.61. The van der Waals surface area contributed by atoms with Crippen LogP contribution in [0.5, 0.6) is 0 Å². The number of carbonyl (C=O) groups is 1. The Morgan fingerprint density at radius 2 is 1.94 bits per heavy atom. The van der Waals surface area contributed by atoms with E-state index in [1.54, 1.807) is 12.3 Å². The molecule has 1 aliphatic rings. The van der Waals surface area contributed by atoms with Gasteiger partial charge in [0.05, 0.1) is 11.9 Å². The summed E-state index contributed by atoms with van der Waals surface area (Å²) in [5.41, 5.74) is 8.57. The predicted octanol–water partition coefficient (Wildman–Crippen LogP) is 3.33. The van der Waals surface area contributed by atoms with E-state index in [9.17, 15) is 13.6 Å². The number of urea groups is 1. The minimum Gasteiger partial charge on any atom is -0.383 e. The fraction of sp³-hybridized carbons (Fsp3) is 0.182. The number of hydrogen-bond donors (Lipinski definition) is 1. The van der Waals surface area contributed by atoms with Gasteiger partial charge in [0, 0.05) is 49.2 Å². The second-order valence-electron chi connectivity index (χ2n) is 7.58. The predicted molar refractivity (Wildman–Crippen MR) is 116 cm³/mol. The summed E-state index contributed by atoms with van der Waals surface area (Å²) in [6.07, 6.45) is 4.99. The van der Waals surface area contributed by atoms with E-state index < -0.39 is 11.6 Å². The molecule has 4 heterocycles. The highest BCUT2D eigenvalue weighted by Crippen LogP contribution is 2.32. The van der Waals surface area contributed by atoms with Gasteiger partial charge in [0.15, 0.2) is 11.6 Å². The molecule has 1 aliphatic heterocycles. The first-order valence-electron chi connectivity index (χ1n) is 9.95. The summed E-state index contributed by atoms with van der Waals surface area (Å²) in [5, 5.41) is 0.741. The number of aryl methyl sites for hydroxylation is 1. The molecular weight excluding hydrogens is 416 g/mol. The first-order valence-corrected chi connectivity index (χ1v) is 9.95. The van der Waals surface area contributed by atoms with Crippen molar-refractivity contribution in [1.82, 2.24) is 24.4 Å². The lowest BCUT2D eigenvalue weighted by atomic mass is 10.1. The normalized spacial score (nSPS) is 14.0. The maximum atomic E-state index is 14.0. The number of benzene rings is 1. The summed E-state index contributed by atoms with van der Waals surface area (Å²) < 4.78 is 29.3. The highest BCUT2D eigenvalue weighted by atomic mass is 19.2. The van der Waals surface area contributed by atoms with Gasteiger partial charge in [-0.25, -0.2) is 28.5 Å². The molecule has 1 fully saturated rings. The number of pyridine rings is 1. The van der Waals surface area contributed by atoms with Gasteiger partial charge in [0.1, 0.15) is 23.6 Å². The second kappa shape index (κ2) is 7.56. The fourth-order valence-electron chi connectivity index (χ4n) is 3.98. The molecule has 4 aromatic rings. The van der Waals surface area contributed by atoms with Gasteiger partial charge in [0.2, 0.25) is 0 Å². The molecule has 1 aromatic carbocycles. The summed E-state index contributed by atoms with van der Waals surface area (Å²) in [7, 11) is 1.87. The summed E-state index contributed by atoms with van der Waals surface area (Å²) in [5.74, 6) is -1.00. The molecule has 0 spiro atoms. The van der Waals surface area contributed by atoms with Crippen molar-refractivity contribution in [2.24, 2.45) is 7.05 Å². The van der Waals surface area contributed by atoms with Crippen molar-refractivity contribution in [3.8, 4) is 11.1 Å². The molecule has 0 saturated carbocycles. The van der Waals surface area contributed by atoms with Crippen molar-refractivity contribution in [3.63, 3.8) is 0 Å². The molecule has 32 heavy (non-hydrogen) atoms. The van der Waals surface area contributed by atoms with Crippen LogP contribution in [0.15, 0.2) is 49.1 Å². The van der Waals surface area contributed by atoms with Gasteiger partial charge >= 0.3 is 6.03 Å². The van der Waals surface area contributed by atoms with Crippen LogP contribution in [0.3, 0.4) is 0 Å². The number of rotatable bonds is 4. The average molecular weight is 435 g/mol. The molecule has 0 atom stereocenters. The smallest absolute Gasteiger partial charge is 0.326 e. The van der Waals surface area contributed by atoms with Gasteiger partial charge in [-0.05, 0) is 18.2 Å². The van der Waals surface area contributed by atoms with E-state index in [1.165, 1.54) is 28.3 Å².